The number of hydrogen-bond acceptors (Lipinski definition) is 4. The monoisotopic (exact) mass is 292 g/mol. The molecule has 0 heterocycles. The van der Waals surface area contributed by atoms with E-state index in [1.165, 1.54) is 0 Å². The van der Waals surface area contributed by atoms with Gasteiger partial charge in [-0.2, -0.15) is 0 Å². The lowest BCUT2D eigenvalue weighted by Crippen LogP contribution is -2.02. The number of Topliss-reactive ketones (excluding diaryl/α,β-unsaturated/α-hetero) is 1. The molecular weight excluding hydrogens is 280 g/mol. The Morgan fingerprint density at radius 1 is 1.00 bits per heavy atom. The van der Waals surface area contributed by atoms with Crippen LogP contribution in [-0.4, -0.2) is 21.1 Å². The average molecular weight is 293 g/mol. The molecule has 0 spiro atoms. The van der Waals surface area contributed by atoms with Gasteiger partial charge in [-0.1, -0.05) is 23.7 Å². The number of aromatic hydroxyl groups is 3. The van der Waals surface area contributed by atoms with Crippen LogP contribution in [0.1, 0.15) is 22.3 Å². The van der Waals surface area contributed by atoms with Gasteiger partial charge >= 0.3 is 0 Å². The van der Waals surface area contributed by atoms with E-state index in [4.69, 9.17) is 11.6 Å². The number of ketones is 1. The second kappa shape index (κ2) is 5.84. The number of carbonyl (C=O) groups excluding carboxylic acids is 1. The Morgan fingerprint density at radius 2 is 1.55 bits per heavy atom. The SMILES string of the molecule is O=C(CCc1ccc(Cl)cc1)c1c(O)cc(O)cc1O. The first-order valence-electron chi connectivity index (χ1n) is 6.00. The second-order valence-electron chi connectivity index (χ2n) is 4.41. The summed E-state index contributed by atoms with van der Waals surface area (Å²) in [6, 6.07) is 9.14. The van der Waals surface area contributed by atoms with Gasteiger partial charge in [-0.3, -0.25) is 4.79 Å². The Kier molecular flexibility index (Phi) is 4.15. The van der Waals surface area contributed by atoms with Crippen LogP contribution in [0.25, 0.3) is 0 Å². The molecular formula is C15H13ClO4. The molecule has 2 rings (SSSR count). The lowest BCUT2D eigenvalue weighted by atomic mass is 10.0. The van der Waals surface area contributed by atoms with E-state index in [2.05, 4.69) is 0 Å². The van der Waals surface area contributed by atoms with Gasteiger partial charge in [0.15, 0.2) is 5.78 Å². The van der Waals surface area contributed by atoms with Crippen LogP contribution in [-0.2, 0) is 6.42 Å². The van der Waals surface area contributed by atoms with Crippen molar-refractivity contribution in [3.63, 3.8) is 0 Å². The number of phenols is 3. The quantitative estimate of drug-likeness (QED) is 0.756. The number of phenolic OH excluding ortho intramolecular Hbond substituents is 3. The van der Waals surface area contributed by atoms with Gasteiger partial charge in [-0.25, -0.2) is 0 Å². The molecule has 0 radical (unpaired) electrons. The summed E-state index contributed by atoms with van der Waals surface area (Å²) >= 11 is 5.77. The van der Waals surface area contributed by atoms with Crippen molar-refractivity contribution in [3.8, 4) is 17.2 Å². The molecule has 104 valence electrons. The van der Waals surface area contributed by atoms with E-state index in [0.717, 1.165) is 17.7 Å². The van der Waals surface area contributed by atoms with E-state index in [9.17, 15) is 20.1 Å². The summed E-state index contributed by atoms with van der Waals surface area (Å²) in [6.07, 6.45) is 0.600. The van der Waals surface area contributed by atoms with Crippen molar-refractivity contribution in [3.05, 3.63) is 52.5 Å². The minimum Gasteiger partial charge on any atom is -0.508 e. The van der Waals surface area contributed by atoms with Crippen LogP contribution in [0.5, 0.6) is 17.2 Å². The summed E-state index contributed by atoms with van der Waals surface area (Å²) in [5.74, 6) is -1.54. The number of benzene rings is 2. The summed E-state index contributed by atoms with van der Waals surface area (Å²) < 4.78 is 0. The van der Waals surface area contributed by atoms with E-state index >= 15 is 0 Å². The minimum absolute atomic E-state index is 0.132. The minimum atomic E-state index is -0.427. The molecule has 0 bridgehead atoms. The summed E-state index contributed by atoms with van der Waals surface area (Å²) in [4.78, 5) is 12.0. The summed E-state index contributed by atoms with van der Waals surface area (Å²) in [6.45, 7) is 0. The van der Waals surface area contributed by atoms with Crippen molar-refractivity contribution < 1.29 is 20.1 Å². The average Bonchev–Trinajstić information content (AvgIpc) is 2.37. The van der Waals surface area contributed by atoms with Crippen LogP contribution in [0.2, 0.25) is 5.02 Å². The predicted octanol–water partition coefficient (Wildman–Crippen LogP) is 3.27. The van der Waals surface area contributed by atoms with E-state index < -0.39 is 17.3 Å². The molecule has 0 saturated heterocycles. The lowest BCUT2D eigenvalue weighted by molar-refractivity contribution is 0.0977. The third kappa shape index (κ3) is 3.22. The van der Waals surface area contributed by atoms with Crippen LogP contribution in [0.3, 0.4) is 0 Å². The largest absolute Gasteiger partial charge is 0.508 e. The van der Waals surface area contributed by atoms with Crippen molar-refractivity contribution in [2.24, 2.45) is 0 Å². The highest BCUT2D eigenvalue weighted by molar-refractivity contribution is 6.30. The fourth-order valence-corrected chi connectivity index (χ4v) is 2.04. The van der Waals surface area contributed by atoms with Crippen molar-refractivity contribution in [2.75, 3.05) is 0 Å². The Labute approximate surface area is 120 Å². The second-order valence-corrected chi connectivity index (χ2v) is 4.85. The normalized spacial score (nSPS) is 10.4. The molecule has 20 heavy (non-hydrogen) atoms. The van der Waals surface area contributed by atoms with Gasteiger partial charge in [0.05, 0.1) is 0 Å². The zero-order chi connectivity index (χ0) is 14.7. The number of carbonyl (C=O) groups is 1. The Bertz CT molecular complexity index is 612. The molecule has 2 aromatic carbocycles. The number of halogens is 1. The highest BCUT2D eigenvalue weighted by atomic mass is 35.5. The molecule has 0 aliphatic rings. The van der Waals surface area contributed by atoms with Crippen molar-refractivity contribution in [1.82, 2.24) is 0 Å². The molecule has 3 N–H and O–H groups in total. The third-order valence-electron chi connectivity index (χ3n) is 2.91. The highest BCUT2D eigenvalue weighted by Crippen LogP contribution is 2.33. The fourth-order valence-electron chi connectivity index (χ4n) is 1.92. The molecule has 4 nitrogen and oxygen atoms in total. The molecule has 0 aliphatic carbocycles. The molecule has 0 aliphatic heterocycles. The van der Waals surface area contributed by atoms with Gasteiger partial charge in [0.2, 0.25) is 0 Å². The lowest BCUT2D eigenvalue weighted by Gasteiger charge is -2.07. The molecule has 2 aromatic rings. The van der Waals surface area contributed by atoms with Crippen molar-refractivity contribution in [1.29, 1.82) is 0 Å². The van der Waals surface area contributed by atoms with Gasteiger partial charge in [-0.15, -0.1) is 0 Å². The number of rotatable bonds is 4. The zero-order valence-corrected chi connectivity index (χ0v) is 11.3. The van der Waals surface area contributed by atoms with E-state index in [-0.39, 0.29) is 17.7 Å². The molecule has 0 amide bonds. The van der Waals surface area contributed by atoms with Crippen molar-refractivity contribution >= 4 is 17.4 Å². The van der Waals surface area contributed by atoms with E-state index in [1.54, 1.807) is 12.1 Å². The van der Waals surface area contributed by atoms with Crippen LogP contribution >= 0.6 is 11.6 Å². The van der Waals surface area contributed by atoms with E-state index in [0.29, 0.717) is 11.4 Å². The first-order chi connectivity index (χ1) is 9.47. The smallest absolute Gasteiger partial charge is 0.170 e. The Morgan fingerprint density at radius 3 is 2.10 bits per heavy atom. The molecule has 0 atom stereocenters. The highest BCUT2D eigenvalue weighted by Gasteiger charge is 2.17. The standard InChI is InChI=1S/C15H13ClO4/c16-10-4-1-9(2-5-10)3-6-12(18)15-13(19)7-11(17)8-14(15)20/h1-2,4-5,7-8,17,19-20H,3,6H2. The maximum absolute atomic E-state index is 12.0. The molecule has 0 saturated carbocycles. The molecule has 5 heteroatoms. The first kappa shape index (κ1) is 14.2. The third-order valence-corrected chi connectivity index (χ3v) is 3.17. The summed E-state index contributed by atoms with van der Waals surface area (Å²) in [5, 5.41) is 29.0. The summed E-state index contributed by atoms with van der Waals surface area (Å²) in [7, 11) is 0. The Balaban J connectivity index is 2.11. The predicted molar refractivity (Wildman–Crippen MR) is 75.5 cm³/mol. The maximum Gasteiger partial charge on any atom is 0.170 e. The zero-order valence-electron chi connectivity index (χ0n) is 10.5. The molecule has 0 unspecified atom stereocenters. The van der Waals surface area contributed by atoms with Crippen molar-refractivity contribution in [2.45, 2.75) is 12.8 Å². The van der Waals surface area contributed by atoms with Gasteiger partial charge in [0.25, 0.3) is 0 Å². The van der Waals surface area contributed by atoms with Gasteiger partial charge in [-0.05, 0) is 24.1 Å². The van der Waals surface area contributed by atoms with E-state index in [1.807, 2.05) is 12.1 Å². The number of hydrogen-bond donors (Lipinski definition) is 3. The first-order valence-corrected chi connectivity index (χ1v) is 6.38. The van der Waals surface area contributed by atoms with Crippen LogP contribution in [0.15, 0.2) is 36.4 Å². The van der Waals surface area contributed by atoms with Crippen LogP contribution in [0, 0.1) is 0 Å². The molecule has 0 aromatic heterocycles. The van der Waals surface area contributed by atoms with Gasteiger partial charge in [0, 0.05) is 23.6 Å². The van der Waals surface area contributed by atoms with Gasteiger partial charge < -0.3 is 15.3 Å². The fraction of sp³-hybridized carbons (Fsp3) is 0.133. The summed E-state index contributed by atoms with van der Waals surface area (Å²) in [5.41, 5.74) is 0.761. The Hall–Kier alpha value is -2.20. The topological polar surface area (TPSA) is 77.8 Å². The number of aryl methyl sites for hydroxylation is 1. The van der Waals surface area contributed by atoms with Crippen LogP contribution < -0.4 is 0 Å². The maximum atomic E-state index is 12.0. The molecule has 0 fully saturated rings. The van der Waals surface area contributed by atoms with Gasteiger partial charge in [0.1, 0.15) is 22.8 Å². The van der Waals surface area contributed by atoms with Crippen LogP contribution in [0.4, 0.5) is 0 Å².